The second kappa shape index (κ2) is 5.12. The monoisotopic (exact) mass is 266 g/mol. The van der Waals surface area contributed by atoms with E-state index in [4.69, 9.17) is 4.74 Å². The Morgan fingerprint density at radius 3 is 2.20 bits per heavy atom. The first-order valence-corrected chi connectivity index (χ1v) is 6.66. The van der Waals surface area contributed by atoms with Crippen LogP contribution in [0.4, 0.5) is 0 Å². The van der Waals surface area contributed by atoms with Gasteiger partial charge in [-0.25, -0.2) is 0 Å². The lowest BCUT2D eigenvalue weighted by atomic mass is 9.52. The summed E-state index contributed by atoms with van der Waals surface area (Å²) in [6.07, 6.45) is 3.34. The van der Waals surface area contributed by atoms with E-state index in [0.29, 0.717) is 0 Å². The Hall–Kier alpha value is -2.10. The van der Waals surface area contributed by atoms with E-state index >= 15 is 0 Å². The third-order valence-electron chi connectivity index (χ3n) is 4.71. The van der Waals surface area contributed by atoms with Crippen LogP contribution in [0, 0.1) is 34.0 Å². The Morgan fingerprint density at radius 2 is 1.70 bits per heavy atom. The Balaban J connectivity index is 2.74. The molecule has 0 bridgehead atoms. The van der Waals surface area contributed by atoms with Gasteiger partial charge in [0, 0.05) is 12.5 Å². The van der Waals surface area contributed by atoms with E-state index in [-0.39, 0.29) is 5.92 Å². The van der Waals surface area contributed by atoms with Crippen molar-refractivity contribution in [1.29, 1.82) is 10.5 Å². The van der Waals surface area contributed by atoms with Crippen molar-refractivity contribution in [2.75, 3.05) is 7.11 Å². The van der Waals surface area contributed by atoms with Gasteiger partial charge in [-0.1, -0.05) is 56.3 Å². The van der Waals surface area contributed by atoms with Gasteiger partial charge in [0.1, 0.15) is 6.10 Å². The van der Waals surface area contributed by atoms with Gasteiger partial charge in [-0.2, -0.15) is 10.5 Å². The van der Waals surface area contributed by atoms with Crippen molar-refractivity contribution in [3.8, 4) is 12.1 Å². The maximum atomic E-state index is 9.77. The van der Waals surface area contributed by atoms with Crippen LogP contribution in [0.25, 0.3) is 0 Å². The van der Waals surface area contributed by atoms with Crippen LogP contribution in [-0.2, 0) is 10.2 Å². The quantitative estimate of drug-likeness (QED) is 0.772. The topological polar surface area (TPSA) is 56.8 Å². The van der Waals surface area contributed by atoms with Gasteiger partial charge >= 0.3 is 0 Å². The first-order chi connectivity index (χ1) is 9.56. The van der Waals surface area contributed by atoms with Gasteiger partial charge in [0.2, 0.25) is 0 Å². The molecular weight excluding hydrogens is 248 g/mol. The van der Waals surface area contributed by atoms with E-state index in [0.717, 1.165) is 5.56 Å². The smallest absolute Gasteiger partial charge is 0.182 e. The molecule has 3 heteroatoms. The molecule has 3 atom stereocenters. The number of nitriles is 2. The molecule has 0 amide bonds. The minimum atomic E-state index is -1.24. The Morgan fingerprint density at radius 1 is 1.10 bits per heavy atom. The third kappa shape index (κ3) is 1.68. The van der Waals surface area contributed by atoms with Crippen LogP contribution < -0.4 is 0 Å². The molecule has 0 N–H and O–H groups in total. The molecular formula is C17H18N2O. The van der Waals surface area contributed by atoms with Crippen molar-refractivity contribution >= 4 is 0 Å². The Bertz CT molecular complexity index is 580. The molecule has 0 heterocycles. The molecule has 102 valence electrons. The summed E-state index contributed by atoms with van der Waals surface area (Å²) in [7, 11) is 1.54. The standard InChI is InChI=1S/C17H18N2O/c1-13-9-10-15(20-3)17(11-18,12-19)16(13,2)14-7-5-4-6-8-14/h4-10,13,15H,1-3H3/t13-,15-,16+/m1/s1. The van der Waals surface area contributed by atoms with Gasteiger partial charge in [0.25, 0.3) is 0 Å². The van der Waals surface area contributed by atoms with Crippen molar-refractivity contribution in [3.63, 3.8) is 0 Å². The molecule has 20 heavy (non-hydrogen) atoms. The lowest BCUT2D eigenvalue weighted by Gasteiger charge is -2.48. The Labute approximate surface area is 120 Å². The summed E-state index contributed by atoms with van der Waals surface area (Å²) in [4.78, 5) is 0. The predicted molar refractivity (Wildman–Crippen MR) is 76.6 cm³/mol. The molecule has 1 aliphatic rings. The number of allylic oxidation sites excluding steroid dienone is 1. The predicted octanol–water partition coefficient (Wildman–Crippen LogP) is 3.20. The fraction of sp³-hybridized carbons (Fsp3) is 0.412. The lowest BCUT2D eigenvalue weighted by molar-refractivity contribution is 0.0184. The summed E-state index contributed by atoms with van der Waals surface area (Å²) < 4.78 is 5.42. The summed E-state index contributed by atoms with van der Waals surface area (Å²) in [6.45, 7) is 4.02. The summed E-state index contributed by atoms with van der Waals surface area (Å²) in [5.41, 5.74) is -0.869. The first-order valence-electron chi connectivity index (χ1n) is 6.66. The van der Waals surface area contributed by atoms with E-state index < -0.39 is 16.9 Å². The zero-order valence-electron chi connectivity index (χ0n) is 12.0. The second-order valence-corrected chi connectivity index (χ2v) is 5.43. The van der Waals surface area contributed by atoms with Crippen LogP contribution in [0.5, 0.6) is 0 Å². The maximum absolute atomic E-state index is 9.77. The molecule has 0 aromatic heterocycles. The van der Waals surface area contributed by atoms with E-state index in [1.54, 1.807) is 7.11 Å². The van der Waals surface area contributed by atoms with Gasteiger partial charge in [0.15, 0.2) is 5.41 Å². The zero-order valence-corrected chi connectivity index (χ0v) is 12.0. The highest BCUT2D eigenvalue weighted by Gasteiger charge is 2.59. The molecule has 3 nitrogen and oxygen atoms in total. The van der Waals surface area contributed by atoms with E-state index in [2.05, 4.69) is 12.1 Å². The molecule has 2 rings (SSSR count). The normalized spacial score (nSPS) is 31.2. The second-order valence-electron chi connectivity index (χ2n) is 5.43. The van der Waals surface area contributed by atoms with Gasteiger partial charge in [0.05, 0.1) is 12.1 Å². The van der Waals surface area contributed by atoms with E-state index in [1.807, 2.05) is 56.3 Å². The molecule has 0 aliphatic heterocycles. The van der Waals surface area contributed by atoms with Crippen molar-refractivity contribution < 1.29 is 4.74 Å². The number of hydrogen-bond donors (Lipinski definition) is 0. The largest absolute Gasteiger partial charge is 0.375 e. The van der Waals surface area contributed by atoms with Gasteiger partial charge in [-0.3, -0.25) is 0 Å². The molecule has 0 saturated heterocycles. The molecule has 0 saturated carbocycles. The van der Waals surface area contributed by atoms with Crippen LogP contribution in [0.2, 0.25) is 0 Å². The van der Waals surface area contributed by atoms with Gasteiger partial charge in [-0.05, 0) is 11.5 Å². The summed E-state index contributed by atoms with van der Waals surface area (Å²) in [6, 6.07) is 14.3. The Kier molecular flexibility index (Phi) is 3.66. The highest BCUT2D eigenvalue weighted by Crippen LogP contribution is 2.52. The van der Waals surface area contributed by atoms with Crippen LogP contribution in [-0.4, -0.2) is 13.2 Å². The van der Waals surface area contributed by atoms with Crippen LogP contribution >= 0.6 is 0 Å². The number of nitrogens with zero attached hydrogens (tertiary/aromatic N) is 2. The fourth-order valence-corrected chi connectivity index (χ4v) is 3.17. The zero-order chi connectivity index (χ0) is 14.8. The first kappa shape index (κ1) is 14.3. The van der Waals surface area contributed by atoms with E-state index in [1.165, 1.54) is 0 Å². The molecule has 0 unspecified atom stereocenters. The fourth-order valence-electron chi connectivity index (χ4n) is 3.17. The van der Waals surface area contributed by atoms with Gasteiger partial charge < -0.3 is 4.74 Å². The minimum absolute atomic E-state index is 0.0654. The number of ether oxygens (including phenoxy) is 1. The SMILES string of the molecule is CO[C@@H]1C=C[C@@H](C)[C@@](C)(c2ccccc2)C1(C#N)C#N. The lowest BCUT2D eigenvalue weighted by Crippen LogP contribution is -2.55. The third-order valence-corrected chi connectivity index (χ3v) is 4.71. The number of hydrogen-bond acceptors (Lipinski definition) is 3. The highest BCUT2D eigenvalue weighted by molar-refractivity contribution is 5.43. The van der Waals surface area contributed by atoms with Crippen LogP contribution in [0.3, 0.4) is 0 Å². The average molecular weight is 266 g/mol. The van der Waals surface area contributed by atoms with Crippen molar-refractivity contribution in [3.05, 3.63) is 48.0 Å². The van der Waals surface area contributed by atoms with Crippen molar-refractivity contribution in [2.45, 2.75) is 25.4 Å². The molecule has 1 aromatic rings. The molecule has 1 aromatic carbocycles. The summed E-state index contributed by atoms with van der Waals surface area (Å²) in [5.74, 6) is 0.0654. The van der Waals surface area contributed by atoms with E-state index in [9.17, 15) is 10.5 Å². The van der Waals surface area contributed by atoms with Crippen LogP contribution in [0.1, 0.15) is 19.4 Å². The molecule has 1 aliphatic carbocycles. The maximum Gasteiger partial charge on any atom is 0.182 e. The average Bonchev–Trinajstić information content (AvgIpc) is 2.51. The number of rotatable bonds is 2. The highest BCUT2D eigenvalue weighted by atomic mass is 16.5. The minimum Gasteiger partial charge on any atom is -0.375 e. The number of benzene rings is 1. The van der Waals surface area contributed by atoms with Crippen LogP contribution in [0.15, 0.2) is 42.5 Å². The molecule has 0 fully saturated rings. The molecule has 0 radical (unpaired) electrons. The van der Waals surface area contributed by atoms with Crippen molar-refractivity contribution in [1.82, 2.24) is 0 Å². The van der Waals surface area contributed by atoms with Gasteiger partial charge in [-0.15, -0.1) is 0 Å². The van der Waals surface area contributed by atoms with Crippen molar-refractivity contribution in [2.24, 2.45) is 11.3 Å². The number of methoxy groups -OCH3 is 1. The summed E-state index contributed by atoms with van der Waals surface area (Å²) >= 11 is 0. The molecule has 0 spiro atoms. The summed E-state index contributed by atoms with van der Waals surface area (Å²) in [5, 5.41) is 19.5.